The highest BCUT2D eigenvalue weighted by Gasteiger charge is 2.16. The highest BCUT2D eigenvalue weighted by Crippen LogP contribution is 2.17. The lowest BCUT2D eigenvalue weighted by Gasteiger charge is -2.05. The molecule has 1 aliphatic heterocycles. The lowest BCUT2D eigenvalue weighted by Crippen LogP contribution is -2.14. The summed E-state index contributed by atoms with van der Waals surface area (Å²) in [5.41, 5.74) is 0. The van der Waals surface area contributed by atoms with E-state index in [-0.39, 0.29) is 0 Å². The molecule has 1 aromatic rings. The first-order valence-corrected chi connectivity index (χ1v) is 7.02. The van der Waals surface area contributed by atoms with Gasteiger partial charge in [0.15, 0.2) is 0 Å². The highest BCUT2D eigenvalue weighted by molar-refractivity contribution is 4.84. The van der Waals surface area contributed by atoms with Gasteiger partial charge in [0, 0.05) is 19.4 Å². The number of aryl methyl sites for hydroxylation is 2. The summed E-state index contributed by atoms with van der Waals surface area (Å²) in [4.78, 5) is 0. The minimum atomic E-state index is 0.397. The van der Waals surface area contributed by atoms with Crippen molar-refractivity contribution in [1.82, 2.24) is 15.5 Å². The quantitative estimate of drug-likeness (QED) is 0.715. The van der Waals surface area contributed by atoms with Gasteiger partial charge in [-0.15, -0.1) is 10.2 Å². The number of hydrogen-bond acceptors (Lipinski definition) is 5. The molecule has 1 aliphatic rings. The molecule has 0 saturated carbocycles. The van der Waals surface area contributed by atoms with Crippen molar-refractivity contribution in [3.05, 3.63) is 11.8 Å². The van der Waals surface area contributed by atoms with Crippen LogP contribution in [0.1, 0.15) is 44.4 Å². The molecule has 1 N–H and O–H groups in total. The topological polar surface area (TPSA) is 60.2 Å². The fourth-order valence-corrected chi connectivity index (χ4v) is 2.19. The Hall–Kier alpha value is -0.940. The van der Waals surface area contributed by atoms with Crippen molar-refractivity contribution in [2.45, 2.75) is 51.6 Å². The molecule has 0 spiro atoms. The number of nitrogens with zero attached hydrogens (tertiary/aromatic N) is 2. The van der Waals surface area contributed by atoms with Crippen LogP contribution in [0.5, 0.6) is 0 Å². The average Bonchev–Trinajstić information content (AvgIpc) is 3.03. The van der Waals surface area contributed by atoms with E-state index in [1.165, 1.54) is 12.8 Å². The molecule has 5 heteroatoms. The number of hydrogen-bond donors (Lipinski definition) is 1. The lowest BCUT2D eigenvalue weighted by molar-refractivity contribution is 0.103. The smallest absolute Gasteiger partial charge is 0.216 e. The van der Waals surface area contributed by atoms with Crippen molar-refractivity contribution in [3.63, 3.8) is 0 Å². The number of rotatable bonds is 8. The van der Waals surface area contributed by atoms with Gasteiger partial charge in [-0.3, -0.25) is 0 Å². The molecule has 0 aliphatic carbocycles. The SMILES string of the molecule is CCNCCCc1nnc(CCC2CCCO2)o1. The van der Waals surface area contributed by atoms with Crippen LogP contribution in [-0.2, 0) is 17.6 Å². The average molecular weight is 253 g/mol. The van der Waals surface area contributed by atoms with E-state index in [0.29, 0.717) is 6.10 Å². The molecule has 5 nitrogen and oxygen atoms in total. The van der Waals surface area contributed by atoms with Crippen molar-refractivity contribution < 1.29 is 9.15 Å². The van der Waals surface area contributed by atoms with Crippen LogP contribution in [0.25, 0.3) is 0 Å². The molecule has 0 amide bonds. The summed E-state index contributed by atoms with van der Waals surface area (Å²) in [5.74, 6) is 1.51. The third kappa shape index (κ3) is 4.38. The Balaban J connectivity index is 1.65. The standard InChI is InChI=1S/C13H23N3O2/c1-2-14-9-3-6-12-15-16-13(18-12)8-7-11-5-4-10-17-11/h11,14H,2-10H2,1H3. The van der Waals surface area contributed by atoms with Crippen LogP contribution < -0.4 is 5.32 Å². The van der Waals surface area contributed by atoms with Gasteiger partial charge < -0.3 is 14.5 Å². The molecular weight excluding hydrogens is 230 g/mol. The van der Waals surface area contributed by atoms with Gasteiger partial charge in [0.25, 0.3) is 0 Å². The van der Waals surface area contributed by atoms with Crippen LogP contribution in [-0.4, -0.2) is 36.0 Å². The molecule has 2 heterocycles. The van der Waals surface area contributed by atoms with Gasteiger partial charge in [0.2, 0.25) is 11.8 Å². The van der Waals surface area contributed by atoms with Gasteiger partial charge in [-0.1, -0.05) is 6.92 Å². The predicted molar refractivity (Wildman–Crippen MR) is 68.5 cm³/mol. The minimum absolute atomic E-state index is 0.397. The van der Waals surface area contributed by atoms with Crippen molar-refractivity contribution in [1.29, 1.82) is 0 Å². The first kappa shape index (κ1) is 13.5. The van der Waals surface area contributed by atoms with Gasteiger partial charge in [-0.25, -0.2) is 0 Å². The second-order valence-corrected chi connectivity index (χ2v) is 4.72. The van der Waals surface area contributed by atoms with Crippen molar-refractivity contribution in [2.24, 2.45) is 0 Å². The van der Waals surface area contributed by atoms with Gasteiger partial charge in [-0.05, 0) is 38.8 Å². The molecule has 0 radical (unpaired) electrons. The van der Waals surface area contributed by atoms with Gasteiger partial charge in [0.05, 0.1) is 6.10 Å². The summed E-state index contributed by atoms with van der Waals surface area (Å²) >= 11 is 0. The largest absolute Gasteiger partial charge is 0.425 e. The predicted octanol–water partition coefficient (Wildman–Crippen LogP) is 1.72. The molecule has 102 valence electrons. The maximum Gasteiger partial charge on any atom is 0.216 e. The van der Waals surface area contributed by atoms with Crippen molar-refractivity contribution >= 4 is 0 Å². The zero-order valence-corrected chi connectivity index (χ0v) is 11.2. The minimum Gasteiger partial charge on any atom is -0.425 e. The molecule has 1 aromatic heterocycles. The Morgan fingerprint density at radius 2 is 2.11 bits per heavy atom. The summed E-state index contributed by atoms with van der Waals surface area (Å²) in [5, 5.41) is 11.4. The maximum absolute atomic E-state index is 5.62. The molecule has 18 heavy (non-hydrogen) atoms. The zero-order chi connectivity index (χ0) is 12.6. The summed E-state index contributed by atoms with van der Waals surface area (Å²) in [6.07, 6.45) is 6.49. The Bertz CT molecular complexity index is 335. The van der Waals surface area contributed by atoms with E-state index in [4.69, 9.17) is 9.15 Å². The van der Waals surface area contributed by atoms with Gasteiger partial charge in [0.1, 0.15) is 0 Å². The molecule has 0 bridgehead atoms. The van der Waals surface area contributed by atoms with E-state index in [0.717, 1.165) is 57.2 Å². The zero-order valence-electron chi connectivity index (χ0n) is 11.2. The number of ether oxygens (including phenoxy) is 1. The molecule has 1 fully saturated rings. The van der Waals surface area contributed by atoms with Crippen LogP contribution in [0.15, 0.2) is 4.42 Å². The summed E-state index contributed by atoms with van der Waals surface area (Å²) in [7, 11) is 0. The van der Waals surface area contributed by atoms with Crippen molar-refractivity contribution in [3.8, 4) is 0 Å². The Kier molecular flexibility index (Phi) is 5.61. The van der Waals surface area contributed by atoms with Crippen molar-refractivity contribution in [2.75, 3.05) is 19.7 Å². The fraction of sp³-hybridized carbons (Fsp3) is 0.846. The summed E-state index contributed by atoms with van der Waals surface area (Å²) < 4.78 is 11.2. The third-order valence-electron chi connectivity index (χ3n) is 3.21. The molecule has 1 saturated heterocycles. The molecule has 0 aromatic carbocycles. The molecule has 1 unspecified atom stereocenters. The molecule has 1 atom stereocenters. The van der Waals surface area contributed by atoms with Crippen LogP contribution >= 0.6 is 0 Å². The first-order valence-electron chi connectivity index (χ1n) is 7.02. The Morgan fingerprint density at radius 3 is 2.83 bits per heavy atom. The molecular formula is C13H23N3O2. The monoisotopic (exact) mass is 253 g/mol. The molecule has 2 rings (SSSR count). The van der Waals surface area contributed by atoms with E-state index in [9.17, 15) is 0 Å². The summed E-state index contributed by atoms with van der Waals surface area (Å²) in [6.45, 7) is 5.03. The highest BCUT2D eigenvalue weighted by atomic mass is 16.5. The van der Waals surface area contributed by atoms with E-state index < -0.39 is 0 Å². The van der Waals surface area contributed by atoms with E-state index in [1.807, 2.05) is 0 Å². The summed E-state index contributed by atoms with van der Waals surface area (Å²) in [6, 6.07) is 0. The Labute approximate surface area is 108 Å². The fourth-order valence-electron chi connectivity index (χ4n) is 2.19. The first-order chi connectivity index (χ1) is 8.88. The van der Waals surface area contributed by atoms with Crippen LogP contribution in [0.4, 0.5) is 0 Å². The second kappa shape index (κ2) is 7.48. The van der Waals surface area contributed by atoms with E-state index in [1.54, 1.807) is 0 Å². The van der Waals surface area contributed by atoms with E-state index in [2.05, 4.69) is 22.4 Å². The van der Waals surface area contributed by atoms with Crippen LogP contribution in [0.2, 0.25) is 0 Å². The van der Waals surface area contributed by atoms with E-state index >= 15 is 0 Å². The Morgan fingerprint density at radius 1 is 1.28 bits per heavy atom. The number of aromatic nitrogens is 2. The van der Waals surface area contributed by atoms with Crippen LogP contribution in [0, 0.1) is 0 Å². The van der Waals surface area contributed by atoms with Gasteiger partial charge >= 0.3 is 0 Å². The van der Waals surface area contributed by atoms with Crippen LogP contribution in [0.3, 0.4) is 0 Å². The van der Waals surface area contributed by atoms with Gasteiger partial charge in [-0.2, -0.15) is 0 Å². The number of nitrogens with one attached hydrogen (secondary N) is 1. The third-order valence-corrected chi connectivity index (χ3v) is 3.21. The lowest BCUT2D eigenvalue weighted by atomic mass is 10.1. The normalized spacial score (nSPS) is 19.5. The maximum atomic E-state index is 5.62. The second-order valence-electron chi connectivity index (χ2n) is 4.72.